The second-order valence-corrected chi connectivity index (χ2v) is 7.96. The van der Waals surface area contributed by atoms with Gasteiger partial charge in [-0.1, -0.05) is 36.4 Å². The van der Waals surface area contributed by atoms with E-state index in [1.165, 1.54) is 16.7 Å². The van der Waals surface area contributed by atoms with E-state index in [0.29, 0.717) is 0 Å². The van der Waals surface area contributed by atoms with Crippen molar-refractivity contribution in [1.82, 2.24) is 10.2 Å². The summed E-state index contributed by atoms with van der Waals surface area (Å²) in [6, 6.07) is 17.2. The van der Waals surface area contributed by atoms with Gasteiger partial charge in [-0.05, 0) is 48.1 Å². The van der Waals surface area contributed by atoms with E-state index in [9.17, 15) is 0 Å². The third kappa shape index (κ3) is 4.91. The monoisotopic (exact) mass is 521 g/mol. The van der Waals surface area contributed by atoms with E-state index in [1.54, 1.807) is 7.11 Å². The molecular weight excluding hydrogens is 489 g/mol. The van der Waals surface area contributed by atoms with Crippen molar-refractivity contribution in [2.75, 3.05) is 40.5 Å². The number of halogens is 1. The first-order valence-electron chi connectivity index (χ1n) is 10.5. The maximum absolute atomic E-state index is 5.69. The number of aliphatic imine (C=N–C) groups is 1. The fourth-order valence-electron chi connectivity index (χ4n) is 4.53. The zero-order chi connectivity index (χ0) is 20.1. The van der Waals surface area contributed by atoms with Crippen LogP contribution in [0, 0.1) is 0 Å². The topological polar surface area (TPSA) is 46.1 Å². The number of hydrogen-bond donors (Lipinski definition) is 1. The minimum Gasteiger partial charge on any atom is -0.497 e. The van der Waals surface area contributed by atoms with Gasteiger partial charge in [0, 0.05) is 45.3 Å². The molecule has 6 heteroatoms. The van der Waals surface area contributed by atoms with Crippen LogP contribution in [-0.4, -0.2) is 51.3 Å². The van der Waals surface area contributed by atoms with Crippen molar-refractivity contribution < 1.29 is 9.47 Å². The molecule has 5 nitrogen and oxygen atoms in total. The van der Waals surface area contributed by atoms with Crippen LogP contribution in [0.25, 0.3) is 0 Å². The van der Waals surface area contributed by atoms with Crippen LogP contribution in [0.1, 0.15) is 29.5 Å². The summed E-state index contributed by atoms with van der Waals surface area (Å²) in [4.78, 5) is 6.97. The van der Waals surface area contributed by atoms with Gasteiger partial charge in [-0.2, -0.15) is 0 Å². The highest BCUT2D eigenvalue weighted by Crippen LogP contribution is 2.35. The lowest BCUT2D eigenvalue weighted by atomic mass is 9.74. The van der Waals surface area contributed by atoms with E-state index < -0.39 is 0 Å². The maximum atomic E-state index is 5.69. The molecule has 0 amide bonds. The number of rotatable bonds is 4. The van der Waals surface area contributed by atoms with E-state index in [2.05, 4.69) is 63.7 Å². The molecule has 0 spiro atoms. The Labute approximate surface area is 196 Å². The van der Waals surface area contributed by atoms with Gasteiger partial charge in [-0.3, -0.25) is 4.99 Å². The highest BCUT2D eigenvalue weighted by atomic mass is 127. The third-order valence-corrected chi connectivity index (χ3v) is 6.38. The Kier molecular flexibility index (Phi) is 7.99. The number of fused-ring (bicyclic) bond motifs is 1. The number of nitrogens with one attached hydrogen (secondary N) is 1. The standard InChI is InChI=1S/C24H31N3O2.HI/c1-25-23(27-14-11-19-5-3-4-6-20(19)17-27)26-18-24(12-15-29-16-13-24)21-7-9-22(28-2)10-8-21;/h3-10H,11-18H2,1-2H3,(H,25,26);1H. The van der Waals surface area contributed by atoms with Gasteiger partial charge in [-0.15, -0.1) is 24.0 Å². The first-order valence-corrected chi connectivity index (χ1v) is 10.5. The van der Waals surface area contributed by atoms with E-state index in [-0.39, 0.29) is 29.4 Å². The van der Waals surface area contributed by atoms with Crippen molar-refractivity contribution in [1.29, 1.82) is 0 Å². The van der Waals surface area contributed by atoms with Crippen molar-refractivity contribution in [3.63, 3.8) is 0 Å². The minimum absolute atomic E-state index is 0. The van der Waals surface area contributed by atoms with Crippen LogP contribution < -0.4 is 10.1 Å². The molecule has 162 valence electrons. The number of hydrogen-bond acceptors (Lipinski definition) is 3. The lowest BCUT2D eigenvalue weighted by molar-refractivity contribution is 0.0511. The molecule has 1 saturated heterocycles. The van der Waals surface area contributed by atoms with Crippen molar-refractivity contribution in [2.24, 2.45) is 4.99 Å². The van der Waals surface area contributed by atoms with Crippen LogP contribution in [0.5, 0.6) is 5.75 Å². The van der Waals surface area contributed by atoms with Crippen LogP contribution in [0.4, 0.5) is 0 Å². The zero-order valence-electron chi connectivity index (χ0n) is 17.9. The van der Waals surface area contributed by atoms with Gasteiger partial charge >= 0.3 is 0 Å². The molecule has 2 aliphatic rings. The summed E-state index contributed by atoms with van der Waals surface area (Å²) in [5.74, 6) is 1.88. The number of benzene rings is 2. The van der Waals surface area contributed by atoms with Crippen LogP contribution in [0.15, 0.2) is 53.5 Å². The van der Waals surface area contributed by atoms with E-state index in [1.807, 2.05) is 7.05 Å². The molecule has 2 aromatic rings. The van der Waals surface area contributed by atoms with Crippen LogP contribution in [0.3, 0.4) is 0 Å². The second kappa shape index (κ2) is 10.5. The molecule has 0 unspecified atom stereocenters. The van der Waals surface area contributed by atoms with Crippen LogP contribution in [0.2, 0.25) is 0 Å². The number of nitrogens with zero attached hydrogens (tertiary/aromatic N) is 2. The largest absolute Gasteiger partial charge is 0.497 e. The summed E-state index contributed by atoms with van der Waals surface area (Å²) >= 11 is 0. The molecule has 2 heterocycles. The number of methoxy groups -OCH3 is 1. The fourth-order valence-corrected chi connectivity index (χ4v) is 4.53. The quantitative estimate of drug-likeness (QED) is 0.376. The van der Waals surface area contributed by atoms with E-state index >= 15 is 0 Å². The van der Waals surface area contributed by atoms with Gasteiger partial charge in [0.15, 0.2) is 5.96 Å². The van der Waals surface area contributed by atoms with Gasteiger partial charge in [0.25, 0.3) is 0 Å². The molecule has 0 atom stereocenters. The molecule has 30 heavy (non-hydrogen) atoms. The highest BCUT2D eigenvalue weighted by Gasteiger charge is 2.35. The summed E-state index contributed by atoms with van der Waals surface area (Å²) in [7, 11) is 3.59. The van der Waals surface area contributed by atoms with Gasteiger partial charge in [0.05, 0.1) is 7.11 Å². The molecular formula is C24H32IN3O2. The Morgan fingerprint density at radius 2 is 1.80 bits per heavy atom. The van der Waals surface area contributed by atoms with Crippen molar-refractivity contribution >= 4 is 29.9 Å². The lowest BCUT2D eigenvalue weighted by Crippen LogP contribution is -2.50. The second-order valence-electron chi connectivity index (χ2n) is 7.96. The van der Waals surface area contributed by atoms with Gasteiger partial charge in [0.2, 0.25) is 0 Å². The first kappa shape index (κ1) is 22.9. The Bertz CT molecular complexity index is 848. The zero-order valence-corrected chi connectivity index (χ0v) is 20.2. The Hall–Kier alpha value is -1.80. The molecule has 4 rings (SSSR count). The molecule has 1 fully saturated rings. The summed E-state index contributed by atoms with van der Waals surface area (Å²) in [6.07, 6.45) is 3.08. The Morgan fingerprint density at radius 3 is 2.47 bits per heavy atom. The third-order valence-electron chi connectivity index (χ3n) is 6.38. The van der Waals surface area contributed by atoms with E-state index in [4.69, 9.17) is 9.47 Å². The van der Waals surface area contributed by atoms with Crippen LogP contribution in [-0.2, 0) is 23.1 Å². The molecule has 0 radical (unpaired) electrons. The van der Waals surface area contributed by atoms with Gasteiger partial charge in [0.1, 0.15) is 5.75 Å². The summed E-state index contributed by atoms with van der Waals surface area (Å²) in [5, 5.41) is 3.70. The maximum Gasteiger partial charge on any atom is 0.193 e. The fraction of sp³-hybridized carbons (Fsp3) is 0.458. The normalized spacial score (nSPS) is 18.2. The average molecular weight is 521 g/mol. The summed E-state index contributed by atoms with van der Waals surface area (Å²) in [6.45, 7) is 4.35. The Balaban J connectivity index is 0.00000256. The minimum atomic E-state index is 0. The Morgan fingerprint density at radius 1 is 1.10 bits per heavy atom. The van der Waals surface area contributed by atoms with Crippen molar-refractivity contribution in [2.45, 2.75) is 31.2 Å². The molecule has 0 saturated carbocycles. The van der Waals surface area contributed by atoms with Gasteiger partial charge in [-0.25, -0.2) is 0 Å². The SMILES string of the molecule is CN=C(NCC1(c2ccc(OC)cc2)CCOCC1)N1CCc2ccccc2C1.I. The number of ether oxygens (including phenoxy) is 2. The smallest absolute Gasteiger partial charge is 0.193 e. The molecule has 1 N–H and O–H groups in total. The highest BCUT2D eigenvalue weighted by molar-refractivity contribution is 14.0. The molecule has 0 aromatic heterocycles. The van der Waals surface area contributed by atoms with Crippen LogP contribution >= 0.6 is 24.0 Å². The van der Waals surface area contributed by atoms with Gasteiger partial charge < -0.3 is 19.7 Å². The van der Waals surface area contributed by atoms with E-state index in [0.717, 1.165) is 63.8 Å². The molecule has 2 aliphatic heterocycles. The predicted octanol–water partition coefficient (Wildman–Crippen LogP) is 4.00. The van der Waals surface area contributed by atoms with Crippen molar-refractivity contribution in [3.05, 3.63) is 65.2 Å². The number of guanidine groups is 1. The molecule has 0 bridgehead atoms. The molecule has 0 aliphatic carbocycles. The first-order chi connectivity index (χ1) is 14.2. The predicted molar refractivity (Wildman–Crippen MR) is 132 cm³/mol. The lowest BCUT2D eigenvalue weighted by Gasteiger charge is -2.40. The summed E-state index contributed by atoms with van der Waals surface area (Å²) < 4.78 is 11.0. The summed E-state index contributed by atoms with van der Waals surface area (Å²) in [5.41, 5.74) is 4.25. The van der Waals surface area contributed by atoms with Crippen molar-refractivity contribution in [3.8, 4) is 5.75 Å². The average Bonchev–Trinajstić information content (AvgIpc) is 2.80. The molecule has 2 aromatic carbocycles.